The van der Waals surface area contributed by atoms with Gasteiger partial charge in [-0.25, -0.2) is 0 Å². The number of nitrogens with zero attached hydrogens (tertiary/aromatic N) is 1. The van der Waals surface area contributed by atoms with E-state index in [4.69, 9.17) is 11.6 Å². The number of hydrogen-bond acceptors (Lipinski definition) is 4. The van der Waals surface area contributed by atoms with Crippen LogP contribution in [0.15, 0.2) is 42.5 Å². The Balaban J connectivity index is 2.44. The number of ketones is 1. The number of carbonyl (C=O) groups excluding carboxylic acids is 1. The molecule has 1 N–H and O–H groups in total. The summed E-state index contributed by atoms with van der Waals surface area (Å²) in [5, 5.41) is 14.5. The lowest BCUT2D eigenvalue weighted by atomic mass is 10.1. The van der Waals surface area contributed by atoms with Gasteiger partial charge in [0, 0.05) is 11.6 Å². The van der Waals surface area contributed by atoms with Gasteiger partial charge in [0.15, 0.2) is 5.78 Å². The van der Waals surface area contributed by atoms with Crippen LogP contribution in [0.5, 0.6) is 0 Å². The number of rotatable bonds is 4. The van der Waals surface area contributed by atoms with E-state index in [1.807, 2.05) is 0 Å². The molecule has 0 spiro atoms. The number of Topliss-reactive ketones (excluding diaryl/α,β-unsaturated/α-hetero) is 1. The van der Waals surface area contributed by atoms with Crippen molar-refractivity contribution in [2.45, 2.75) is 6.92 Å². The Kier molecular flexibility index (Phi) is 4.00. The number of carbonyl (C=O) groups is 1. The van der Waals surface area contributed by atoms with Crippen LogP contribution in [0, 0.1) is 10.1 Å². The molecule has 0 aromatic heterocycles. The van der Waals surface area contributed by atoms with Crippen LogP contribution < -0.4 is 5.32 Å². The van der Waals surface area contributed by atoms with Gasteiger partial charge in [0.05, 0.1) is 15.6 Å². The number of halogens is 1. The molecule has 2 aromatic carbocycles. The Hall–Kier alpha value is -2.40. The quantitative estimate of drug-likeness (QED) is 0.520. The highest BCUT2D eigenvalue weighted by atomic mass is 35.5. The third kappa shape index (κ3) is 2.95. The molecule has 0 amide bonds. The summed E-state index contributed by atoms with van der Waals surface area (Å²) in [6.45, 7) is 1.36. The van der Waals surface area contributed by atoms with Crippen molar-refractivity contribution in [2.75, 3.05) is 5.32 Å². The summed E-state index contributed by atoms with van der Waals surface area (Å²) in [5.41, 5.74) is 0.972. The fraction of sp³-hybridized carbons (Fsp3) is 0.0714. The topological polar surface area (TPSA) is 72.2 Å². The van der Waals surface area contributed by atoms with Gasteiger partial charge < -0.3 is 5.32 Å². The molecular formula is C14H11ClN2O3. The number of hydrogen-bond donors (Lipinski definition) is 1. The van der Waals surface area contributed by atoms with Gasteiger partial charge >= 0.3 is 0 Å². The third-order valence-electron chi connectivity index (χ3n) is 2.74. The zero-order valence-corrected chi connectivity index (χ0v) is 11.3. The SMILES string of the molecule is CC(=O)c1ccc(Nc2ccccc2Cl)c([N+](=O)[O-])c1. The first kappa shape index (κ1) is 14.0. The molecule has 0 aliphatic carbocycles. The van der Waals surface area contributed by atoms with E-state index in [0.29, 0.717) is 16.3 Å². The lowest BCUT2D eigenvalue weighted by Gasteiger charge is -2.09. The summed E-state index contributed by atoms with van der Waals surface area (Å²) in [6, 6.07) is 11.2. The van der Waals surface area contributed by atoms with Crippen LogP contribution >= 0.6 is 11.6 Å². The predicted molar refractivity (Wildman–Crippen MR) is 77.8 cm³/mol. The molecule has 0 unspecified atom stereocenters. The summed E-state index contributed by atoms with van der Waals surface area (Å²) >= 11 is 6.00. The van der Waals surface area contributed by atoms with Crippen molar-refractivity contribution in [3.8, 4) is 0 Å². The molecule has 0 aliphatic heterocycles. The Morgan fingerprint density at radius 2 is 1.90 bits per heavy atom. The maximum absolute atomic E-state index is 11.3. The molecular weight excluding hydrogens is 280 g/mol. The van der Waals surface area contributed by atoms with Crippen molar-refractivity contribution >= 4 is 34.4 Å². The highest BCUT2D eigenvalue weighted by molar-refractivity contribution is 6.33. The van der Waals surface area contributed by atoms with E-state index in [2.05, 4.69) is 5.32 Å². The number of anilines is 2. The molecule has 0 saturated carbocycles. The van der Waals surface area contributed by atoms with Crippen LogP contribution in [0.25, 0.3) is 0 Å². The minimum atomic E-state index is -0.536. The number of nitro groups is 1. The van der Waals surface area contributed by atoms with Gasteiger partial charge in [-0.2, -0.15) is 0 Å². The monoisotopic (exact) mass is 290 g/mol. The Bertz CT molecular complexity index is 686. The van der Waals surface area contributed by atoms with Gasteiger partial charge in [-0.05, 0) is 31.2 Å². The highest BCUT2D eigenvalue weighted by Gasteiger charge is 2.16. The number of nitrogens with one attached hydrogen (secondary N) is 1. The maximum atomic E-state index is 11.3. The van der Waals surface area contributed by atoms with Crippen molar-refractivity contribution in [1.29, 1.82) is 0 Å². The summed E-state index contributed by atoms with van der Waals surface area (Å²) in [7, 11) is 0. The van der Waals surface area contributed by atoms with Crippen LogP contribution in [-0.2, 0) is 0 Å². The zero-order chi connectivity index (χ0) is 14.7. The zero-order valence-electron chi connectivity index (χ0n) is 10.6. The number of para-hydroxylation sites is 1. The molecule has 2 rings (SSSR count). The van der Waals surface area contributed by atoms with Gasteiger partial charge in [0.1, 0.15) is 5.69 Å². The first-order chi connectivity index (χ1) is 9.49. The first-order valence-electron chi connectivity index (χ1n) is 5.80. The number of benzene rings is 2. The molecule has 0 heterocycles. The lowest BCUT2D eigenvalue weighted by Crippen LogP contribution is -2.00. The lowest BCUT2D eigenvalue weighted by molar-refractivity contribution is -0.383. The van der Waals surface area contributed by atoms with Crippen LogP contribution in [-0.4, -0.2) is 10.7 Å². The van der Waals surface area contributed by atoms with E-state index in [9.17, 15) is 14.9 Å². The Morgan fingerprint density at radius 1 is 1.20 bits per heavy atom. The maximum Gasteiger partial charge on any atom is 0.293 e. The Labute approximate surface area is 120 Å². The summed E-state index contributed by atoms with van der Waals surface area (Å²) in [6.07, 6.45) is 0. The summed E-state index contributed by atoms with van der Waals surface area (Å²) < 4.78 is 0. The van der Waals surface area contributed by atoms with Gasteiger partial charge in [0.2, 0.25) is 0 Å². The van der Waals surface area contributed by atoms with Crippen molar-refractivity contribution in [1.82, 2.24) is 0 Å². The van der Waals surface area contributed by atoms with Crippen LogP contribution in [0.3, 0.4) is 0 Å². The second kappa shape index (κ2) is 5.71. The molecule has 0 aliphatic rings. The average molecular weight is 291 g/mol. The van der Waals surface area contributed by atoms with E-state index in [1.54, 1.807) is 24.3 Å². The molecule has 0 bridgehead atoms. The molecule has 0 radical (unpaired) electrons. The molecule has 5 nitrogen and oxygen atoms in total. The molecule has 102 valence electrons. The standard InChI is InChI=1S/C14H11ClN2O3/c1-9(18)10-6-7-13(14(8-10)17(19)20)16-12-5-3-2-4-11(12)15/h2-8,16H,1H3. The minimum absolute atomic E-state index is 0.169. The molecule has 0 atom stereocenters. The van der Waals surface area contributed by atoms with Gasteiger partial charge in [0.25, 0.3) is 5.69 Å². The van der Waals surface area contributed by atoms with Crippen LogP contribution in [0.4, 0.5) is 17.1 Å². The van der Waals surface area contributed by atoms with Gasteiger partial charge in [-0.3, -0.25) is 14.9 Å². The molecule has 0 saturated heterocycles. The van der Waals surface area contributed by atoms with Crippen molar-refractivity contribution in [3.05, 3.63) is 63.2 Å². The normalized spacial score (nSPS) is 10.1. The third-order valence-corrected chi connectivity index (χ3v) is 3.07. The second-order valence-electron chi connectivity index (χ2n) is 4.15. The smallest absolute Gasteiger partial charge is 0.293 e. The fourth-order valence-corrected chi connectivity index (χ4v) is 1.90. The second-order valence-corrected chi connectivity index (χ2v) is 4.56. The average Bonchev–Trinajstić information content (AvgIpc) is 2.41. The van der Waals surface area contributed by atoms with E-state index in [1.165, 1.54) is 25.1 Å². The van der Waals surface area contributed by atoms with Crippen molar-refractivity contribution in [3.63, 3.8) is 0 Å². The molecule has 0 fully saturated rings. The van der Waals surface area contributed by atoms with E-state index in [-0.39, 0.29) is 17.2 Å². The molecule has 20 heavy (non-hydrogen) atoms. The predicted octanol–water partition coefficient (Wildman–Crippen LogP) is 4.19. The largest absolute Gasteiger partial charge is 0.349 e. The molecule has 2 aromatic rings. The summed E-state index contributed by atoms with van der Waals surface area (Å²) in [4.78, 5) is 21.8. The van der Waals surface area contributed by atoms with Crippen molar-refractivity contribution in [2.24, 2.45) is 0 Å². The number of nitro benzene ring substituents is 1. The minimum Gasteiger partial charge on any atom is -0.349 e. The van der Waals surface area contributed by atoms with Crippen LogP contribution in [0.1, 0.15) is 17.3 Å². The fourth-order valence-electron chi connectivity index (χ4n) is 1.72. The van der Waals surface area contributed by atoms with Gasteiger partial charge in [-0.15, -0.1) is 0 Å². The van der Waals surface area contributed by atoms with Crippen LogP contribution in [0.2, 0.25) is 5.02 Å². The highest BCUT2D eigenvalue weighted by Crippen LogP contribution is 2.31. The molecule has 6 heteroatoms. The van der Waals surface area contributed by atoms with E-state index < -0.39 is 4.92 Å². The van der Waals surface area contributed by atoms with E-state index in [0.717, 1.165) is 0 Å². The van der Waals surface area contributed by atoms with Crippen molar-refractivity contribution < 1.29 is 9.72 Å². The summed E-state index contributed by atoms with van der Waals surface area (Å²) in [5.74, 6) is -0.225. The van der Waals surface area contributed by atoms with E-state index >= 15 is 0 Å². The Morgan fingerprint density at radius 3 is 2.50 bits per heavy atom. The van der Waals surface area contributed by atoms with Gasteiger partial charge in [-0.1, -0.05) is 23.7 Å². The first-order valence-corrected chi connectivity index (χ1v) is 6.18.